The first-order valence-electron chi connectivity index (χ1n) is 8.74. The van der Waals surface area contributed by atoms with Gasteiger partial charge >= 0.3 is 12.0 Å². The summed E-state index contributed by atoms with van der Waals surface area (Å²) in [7, 11) is 3.97. The number of nitrogens with zero attached hydrogens (tertiary/aromatic N) is 1. The molecule has 27 heavy (non-hydrogen) atoms. The van der Waals surface area contributed by atoms with Crippen molar-refractivity contribution in [3.63, 3.8) is 0 Å². The molecule has 0 radical (unpaired) electrons. The zero-order valence-corrected chi connectivity index (χ0v) is 15.9. The van der Waals surface area contributed by atoms with Crippen LogP contribution in [0, 0.1) is 0 Å². The SMILES string of the molecule is CCOC(=O)/C=C/c1ccc(NC(=O)NCc2ccc(N(C)C)cc2)cc1. The van der Waals surface area contributed by atoms with Crippen LogP contribution in [0.1, 0.15) is 18.1 Å². The molecule has 2 N–H and O–H groups in total. The highest BCUT2D eigenvalue weighted by Gasteiger charge is 2.03. The average molecular weight is 367 g/mol. The van der Waals surface area contributed by atoms with Crippen molar-refractivity contribution in [3.8, 4) is 0 Å². The number of hydrogen-bond acceptors (Lipinski definition) is 4. The molecule has 0 saturated heterocycles. The van der Waals surface area contributed by atoms with Crippen LogP contribution < -0.4 is 15.5 Å². The quantitative estimate of drug-likeness (QED) is 0.579. The zero-order chi connectivity index (χ0) is 19.6. The van der Waals surface area contributed by atoms with E-state index in [0.717, 1.165) is 16.8 Å². The molecule has 2 aromatic carbocycles. The van der Waals surface area contributed by atoms with Crippen molar-refractivity contribution in [1.29, 1.82) is 0 Å². The van der Waals surface area contributed by atoms with E-state index in [1.165, 1.54) is 6.08 Å². The van der Waals surface area contributed by atoms with Crippen LogP contribution in [0.5, 0.6) is 0 Å². The summed E-state index contributed by atoms with van der Waals surface area (Å²) in [6.45, 7) is 2.55. The monoisotopic (exact) mass is 367 g/mol. The minimum Gasteiger partial charge on any atom is -0.463 e. The molecular formula is C21H25N3O3. The summed E-state index contributed by atoms with van der Waals surface area (Å²) in [6.07, 6.45) is 3.04. The lowest BCUT2D eigenvalue weighted by molar-refractivity contribution is -0.137. The van der Waals surface area contributed by atoms with E-state index in [2.05, 4.69) is 10.6 Å². The Morgan fingerprint density at radius 3 is 2.30 bits per heavy atom. The van der Waals surface area contributed by atoms with Crippen LogP contribution in [-0.4, -0.2) is 32.7 Å². The Morgan fingerprint density at radius 1 is 1.04 bits per heavy atom. The number of ether oxygens (including phenoxy) is 1. The molecule has 2 amide bonds. The van der Waals surface area contributed by atoms with Gasteiger partial charge in [0.2, 0.25) is 0 Å². The number of esters is 1. The maximum atomic E-state index is 12.0. The molecule has 0 heterocycles. The number of urea groups is 1. The Morgan fingerprint density at radius 2 is 1.70 bits per heavy atom. The van der Waals surface area contributed by atoms with Gasteiger partial charge in [-0.3, -0.25) is 0 Å². The molecule has 0 bridgehead atoms. The molecule has 6 nitrogen and oxygen atoms in total. The third kappa shape index (κ3) is 6.86. The highest BCUT2D eigenvalue weighted by molar-refractivity contribution is 5.90. The number of anilines is 2. The molecule has 0 aliphatic heterocycles. The molecule has 0 saturated carbocycles. The van der Waals surface area contributed by atoms with Gasteiger partial charge in [0.1, 0.15) is 0 Å². The van der Waals surface area contributed by atoms with E-state index in [1.54, 1.807) is 25.1 Å². The molecule has 0 aliphatic rings. The number of carbonyl (C=O) groups excluding carboxylic acids is 2. The van der Waals surface area contributed by atoms with Gasteiger partial charge in [0.25, 0.3) is 0 Å². The van der Waals surface area contributed by atoms with Crippen LogP contribution in [0.3, 0.4) is 0 Å². The summed E-state index contributed by atoms with van der Waals surface area (Å²) in [5, 5.41) is 5.61. The van der Waals surface area contributed by atoms with Crippen LogP contribution in [0.4, 0.5) is 16.2 Å². The standard InChI is InChI=1S/C21H25N3O3/c1-4-27-20(25)14-9-16-5-10-18(11-6-16)23-21(26)22-15-17-7-12-19(13-8-17)24(2)3/h5-14H,4,15H2,1-3H3,(H2,22,23,26)/b14-9+. The minimum absolute atomic E-state index is 0.276. The molecule has 0 atom stereocenters. The second-order valence-corrected chi connectivity index (χ2v) is 6.08. The Bertz CT molecular complexity index is 781. The van der Waals surface area contributed by atoms with Gasteiger partial charge in [0.15, 0.2) is 0 Å². The minimum atomic E-state index is -0.377. The highest BCUT2D eigenvalue weighted by atomic mass is 16.5. The molecule has 0 fully saturated rings. The summed E-state index contributed by atoms with van der Waals surface area (Å²) in [5.74, 6) is -0.377. The van der Waals surface area contributed by atoms with Gasteiger partial charge in [-0.05, 0) is 48.4 Å². The molecule has 6 heteroatoms. The van der Waals surface area contributed by atoms with E-state index in [-0.39, 0.29) is 12.0 Å². The van der Waals surface area contributed by atoms with Crippen LogP contribution in [0.25, 0.3) is 6.08 Å². The van der Waals surface area contributed by atoms with Gasteiger partial charge < -0.3 is 20.3 Å². The van der Waals surface area contributed by atoms with Crippen molar-refractivity contribution >= 4 is 29.5 Å². The molecular weight excluding hydrogens is 342 g/mol. The van der Waals surface area contributed by atoms with E-state index in [0.29, 0.717) is 18.8 Å². The maximum absolute atomic E-state index is 12.0. The van der Waals surface area contributed by atoms with Crippen LogP contribution in [-0.2, 0) is 16.1 Å². The first-order chi connectivity index (χ1) is 13.0. The van der Waals surface area contributed by atoms with Gasteiger partial charge in [-0.25, -0.2) is 9.59 Å². The van der Waals surface area contributed by atoms with Crippen LogP contribution in [0.2, 0.25) is 0 Å². The summed E-state index contributed by atoms with van der Waals surface area (Å²) in [6, 6.07) is 14.9. The molecule has 0 aromatic heterocycles. The third-order valence-electron chi connectivity index (χ3n) is 3.77. The highest BCUT2D eigenvalue weighted by Crippen LogP contribution is 2.13. The van der Waals surface area contributed by atoms with E-state index in [4.69, 9.17) is 4.74 Å². The average Bonchev–Trinajstić information content (AvgIpc) is 2.66. The number of rotatable bonds is 7. The van der Waals surface area contributed by atoms with E-state index in [9.17, 15) is 9.59 Å². The fourth-order valence-corrected chi connectivity index (χ4v) is 2.30. The second kappa shape index (κ2) is 10.0. The smallest absolute Gasteiger partial charge is 0.330 e. The van der Waals surface area contributed by atoms with Gasteiger partial charge in [-0.15, -0.1) is 0 Å². The van der Waals surface area contributed by atoms with Crippen molar-refractivity contribution in [1.82, 2.24) is 5.32 Å². The van der Waals surface area contributed by atoms with Crippen LogP contribution in [0.15, 0.2) is 54.6 Å². The molecule has 2 rings (SSSR count). The number of benzene rings is 2. The Balaban J connectivity index is 1.82. The van der Waals surface area contributed by atoms with Crippen LogP contribution >= 0.6 is 0 Å². The topological polar surface area (TPSA) is 70.7 Å². The number of carbonyl (C=O) groups is 2. The van der Waals surface area contributed by atoms with E-state index >= 15 is 0 Å². The largest absolute Gasteiger partial charge is 0.463 e. The van der Waals surface area contributed by atoms with Crippen molar-refractivity contribution in [2.45, 2.75) is 13.5 Å². The van der Waals surface area contributed by atoms with E-state index < -0.39 is 0 Å². The van der Waals surface area contributed by atoms with Gasteiger partial charge in [-0.2, -0.15) is 0 Å². The first-order valence-corrected chi connectivity index (χ1v) is 8.74. The second-order valence-electron chi connectivity index (χ2n) is 6.08. The van der Waals surface area contributed by atoms with Crippen molar-refractivity contribution in [2.24, 2.45) is 0 Å². The lowest BCUT2D eigenvalue weighted by atomic mass is 10.2. The first kappa shape index (κ1) is 20.0. The van der Waals surface area contributed by atoms with E-state index in [1.807, 2.05) is 55.4 Å². The predicted octanol–water partition coefficient (Wildman–Crippen LogP) is 3.65. The number of amides is 2. The zero-order valence-electron chi connectivity index (χ0n) is 15.9. The fourth-order valence-electron chi connectivity index (χ4n) is 2.30. The molecule has 142 valence electrons. The molecule has 0 spiro atoms. The summed E-state index contributed by atoms with van der Waals surface area (Å²) in [4.78, 5) is 25.3. The van der Waals surface area contributed by atoms with Gasteiger partial charge in [-0.1, -0.05) is 24.3 Å². The Kier molecular flexibility index (Phi) is 7.43. The van der Waals surface area contributed by atoms with Crippen molar-refractivity contribution < 1.29 is 14.3 Å². The summed E-state index contributed by atoms with van der Waals surface area (Å²) >= 11 is 0. The number of nitrogens with one attached hydrogen (secondary N) is 2. The van der Waals surface area contributed by atoms with Gasteiger partial charge in [0.05, 0.1) is 6.61 Å². The predicted molar refractivity (Wildman–Crippen MR) is 109 cm³/mol. The lowest BCUT2D eigenvalue weighted by Crippen LogP contribution is -2.28. The maximum Gasteiger partial charge on any atom is 0.330 e. The third-order valence-corrected chi connectivity index (χ3v) is 3.77. The Hall–Kier alpha value is -3.28. The lowest BCUT2D eigenvalue weighted by Gasteiger charge is -2.13. The normalized spacial score (nSPS) is 10.5. The van der Waals surface area contributed by atoms with Crippen molar-refractivity contribution in [2.75, 3.05) is 30.9 Å². The summed E-state index contributed by atoms with van der Waals surface area (Å²) in [5.41, 5.74) is 3.65. The molecule has 2 aromatic rings. The summed E-state index contributed by atoms with van der Waals surface area (Å²) < 4.78 is 4.83. The number of hydrogen-bond donors (Lipinski definition) is 2. The molecule has 0 aliphatic carbocycles. The van der Waals surface area contributed by atoms with Gasteiger partial charge in [0, 0.05) is 38.1 Å². The molecule has 0 unspecified atom stereocenters. The van der Waals surface area contributed by atoms with Crippen molar-refractivity contribution in [3.05, 3.63) is 65.7 Å². The fraction of sp³-hybridized carbons (Fsp3) is 0.238. The Labute approximate surface area is 159 Å².